The second kappa shape index (κ2) is 14.0. The molecule has 0 aliphatic rings. The van der Waals surface area contributed by atoms with Gasteiger partial charge in [0.05, 0.1) is 11.9 Å². The molecule has 14 heteroatoms. The molecular weight excluding hydrogens is 646 g/mol. The third-order valence-corrected chi connectivity index (χ3v) is 8.91. The molecule has 0 saturated heterocycles. The van der Waals surface area contributed by atoms with E-state index >= 15 is 0 Å². The van der Waals surface area contributed by atoms with E-state index in [1.165, 1.54) is 30.2 Å². The van der Waals surface area contributed by atoms with Crippen molar-refractivity contribution in [2.45, 2.75) is 85.0 Å². The highest BCUT2D eigenvalue weighted by molar-refractivity contribution is 7.22. The summed E-state index contributed by atoms with van der Waals surface area (Å²) in [6, 6.07) is 10.3. The Hall–Kier alpha value is -3.29. The van der Waals surface area contributed by atoms with Gasteiger partial charge >= 0.3 is 18.2 Å². The van der Waals surface area contributed by atoms with E-state index in [9.17, 15) is 41.0 Å². The Morgan fingerprint density at radius 3 is 2.16 bits per heavy atom. The minimum absolute atomic E-state index is 0.0988. The van der Waals surface area contributed by atoms with Crippen LogP contribution in [0, 0.1) is 13.8 Å². The van der Waals surface area contributed by atoms with Gasteiger partial charge in [-0.2, -0.15) is 13.2 Å². The van der Waals surface area contributed by atoms with E-state index in [2.05, 4.69) is 37.6 Å². The third kappa shape index (κ3) is 8.71. The van der Waals surface area contributed by atoms with E-state index in [4.69, 9.17) is 11.6 Å². The first kappa shape index (κ1) is 36.2. The van der Waals surface area contributed by atoms with Crippen LogP contribution in [0.15, 0.2) is 46.0 Å². The van der Waals surface area contributed by atoms with Crippen LogP contribution in [0.3, 0.4) is 0 Å². The number of aromatic nitrogens is 2. The lowest BCUT2D eigenvalue weighted by Crippen LogP contribution is -2.38. The number of rotatable bonds is 7. The molecule has 2 heterocycles. The van der Waals surface area contributed by atoms with Crippen molar-refractivity contribution in [3.63, 3.8) is 0 Å². The number of aromatic amines is 1. The lowest BCUT2D eigenvalue weighted by molar-refractivity contribution is -0.274. The first-order valence-electron chi connectivity index (χ1n) is 13.9. The number of ether oxygens (including phenoxy) is 1. The fourth-order valence-electron chi connectivity index (χ4n) is 4.61. The fraction of sp³-hybridized carbons (Fsp3) is 0.419. The van der Waals surface area contributed by atoms with E-state index in [0.717, 1.165) is 22.4 Å². The molecule has 2 aromatic heterocycles. The number of aliphatic hydroxyl groups excluding tert-OH is 1. The summed E-state index contributed by atoms with van der Waals surface area (Å²) < 4.78 is 82.5. The highest BCUT2D eigenvalue weighted by atomic mass is 35.5. The summed E-state index contributed by atoms with van der Waals surface area (Å²) in [7, 11) is 0. The molecule has 0 aliphatic carbocycles. The van der Waals surface area contributed by atoms with Gasteiger partial charge in [-0.15, -0.1) is 24.5 Å². The number of aryl methyl sites for hydroxylation is 2. The summed E-state index contributed by atoms with van der Waals surface area (Å²) in [6.45, 7) is 10.2. The van der Waals surface area contributed by atoms with Crippen LogP contribution in [0.4, 0.5) is 26.3 Å². The Morgan fingerprint density at radius 2 is 1.62 bits per heavy atom. The van der Waals surface area contributed by atoms with Crippen LogP contribution in [0.25, 0.3) is 20.7 Å². The van der Waals surface area contributed by atoms with Crippen molar-refractivity contribution in [2.24, 2.45) is 0 Å². The Labute approximate surface area is 264 Å². The fourth-order valence-corrected chi connectivity index (χ4v) is 6.37. The average molecular weight is 679 g/mol. The monoisotopic (exact) mass is 678 g/mol. The normalized spacial score (nSPS) is 13.5. The molecule has 0 amide bonds. The van der Waals surface area contributed by atoms with Crippen LogP contribution in [-0.2, 0) is 6.54 Å². The summed E-state index contributed by atoms with van der Waals surface area (Å²) in [5.74, 6) is -0.176. The molecule has 2 unspecified atom stereocenters. The van der Waals surface area contributed by atoms with Crippen LogP contribution in [-0.4, -0.2) is 33.3 Å². The van der Waals surface area contributed by atoms with Crippen molar-refractivity contribution in [2.75, 3.05) is 0 Å². The second-order valence-electron chi connectivity index (χ2n) is 11.0. The van der Waals surface area contributed by atoms with Crippen molar-refractivity contribution >= 4 is 33.2 Å². The molecule has 0 aliphatic heterocycles. The molecular formula is C31H33ClF6N2O4S. The zero-order valence-corrected chi connectivity index (χ0v) is 26.9. The largest absolute Gasteiger partial charge is 0.573 e. The number of aliphatic hydroxyl groups is 1. The van der Waals surface area contributed by atoms with Gasteiger partial charge in [0, 0.05) is 9.90 Å². The molecule has 4 rings (SSSR count). The Balaban J connectivity index is 0.000000423. The summed E-state index contributed by atoms with van der Waals surface area (Å²) in [5, 5.41) is 10.2. The number of benzene rings is 2. The van der Waals surface area contributed by atoms with Gasteiger partial charge in [0.1, 0.15) is 10.6 Å². The van der Waals surface area contributed by atoms with Crippen molar-refractivity contribution in [3.8, 4) is 16.2 Å². The topological polar surface area (TPSA) is 84.3 Å². The first-order valence-corrected chi connectivity index (χ1v) is 15.1. The summed E-state index contributed by atoms with van der Waals surface area (Å²) >= 11 is 6.78. The number of halogens is 7. The molecule has 2 N–H and O–H groups in total. The molecule has 0 bridgehead atoms. The molecule has 0 spiro atoms. The van der Waals surface area contributed by atoms with Crippen LogP contribution < -0.4 is 16.0 Å². The van der Waals surface area contributed by atoms with Crippen LogP contribution in [0.5, 0.6) is 5.75 Å². The van der Waals surface area contributed by atoms with Crippen molar-refractivity contribution < 1.29 is 36.2 Å². The molecule has 2 aromatic carbocycles. The zero-order chi connectivity index (χ0) is 34.0. The van der Waals surface area contributed by atoms with E-state index < -0.39 is 42.2 Å². The summed E-state index contributed by atoms with van der Waals surface area (Å²) in [5.41, 5.74) is 1.23. The predicted octanol–water partition coefficient (Wildman–Crippen LogP) is 8.83. The highest BCUT2D eigenvalue weighted by Gasteiger charge is 2.39. The maximum Gasteiger partial charge on any atom is 0.573 e. The van der Waals surface area contributed by atoms with Gasteiger partial charge in [0.25, 0.3) is 5.56 Å². The van der Waals surface area contributed by atoms with E-state index in [1.807, 2.05) is 11.1 Å². The number of fused-ring (bicyclic) bond motifs is 1. The Kier molecular flexibility index (Phi) is 11.3. The predicted molar refractivity (Wildman–Crippen MR) is 165 cm³/mol. The van der Waals surface area contributed by atoms with Gasteiger partial charge in [0.15, 0.2) is 6.10 Å². The van der Waals surface area contributed by atoms with E-state index in [0.29, 0.717) is 22.5 Å². The minimum atomic E-state index is -5.01. The number of thiophene rings is 1. The molecule has 0 radical (unpaired) electrons. The molecule has 2 atom stereocenters. The van der Waals surface area contributed by atoms with Gasteiger partial charge in [-0.3, -0.25) is 14.3 Å². The molecule has 0 fully saturated rings. The smallest absolute Gasteiger partial charge is 0.405 e. The number of H-pyrrole nitrogens is 1. The van der Waals surface area contributed by atoms with E-state index in [1.54, 1.807) is 13.8 Å². The minimum Gasteiger partial charge on any atom is -0.405 e. The highest BCUT2D eigenvalue weighted by Crippen LogP contribution is 2.41. The SMILES string of the molecule is CCC(C)c1ccc(-c2sc3c(c2C)c(=O)[nH]c(=O)n3CC(O)C(F)(F)F)cc1OC(F)(F)F.Cc1ccc(C(C)C)c(Cl)c1. The van der Waals surface area contributed by atoms with Crippen molar-refractivity contribution in [3.05, 3.63) is 84.5 Å². The van der Waals surface area contributed by atoms with Crippen LogP contribution in [0.1, 0.15) is 68.2 Å². The van der Waals surface area contributed by atoms with Crippen molar-refractivity contribution in [1.82, 2.24) is 9.55 Å². The number of nitrogens with zero attached hydrogens (tertiary/aromatic N) is 1. The third-order valence-electron chi connectivity index (χ3n) is 7.22. The maximum atomic E-state index is 13.0. The average Bonchev–Trinajstić information content (AvgIpc) is 3.26. The lowest BCUT2D eigenvalue weighted by Gasteiger charge is -2.18. The van der Waals surface area contributed by atoms with E-state index in [-0.39, 0.29) is 32.1 Å². The maximum absolute atomic E-state index is 13.0. The van der Waals surface area contributed by atoms with Gasteiger partial charge < -0.3 is 9.84 Å². The van der Waals surface area contributed by atoms with Crippen LogP contribution >= 0.6 is 22.9 Å². The number of hydrogen-bond donors (Lipinski definition) is 2. The zero-order valence-electron chi connectivity index (χ0n) is 25.3. The summed E-state index contributed by atoms with van der Waals surface area (Å²) in [6.07, 6.45) is -12.3. The Morgan fingerprint density at radius 1 is 1.00 bits per heavy atom. The number of nitrogens with one attached hydrogen (secondary N) is 1. The standard InChI is InChI=1S/C21H20F6N2O4S.C10H13Cl/c1-4-9(2)12-6-5-11(7-13(12)33-21(25,26)27)16-10(3)15-17(31)28-19(32)29(18(15)34-16)8-14(30)20(22,23)24;1-7(2)9-5-4-8(3)6-10(9)11/h5-7,9,14,30H,4,8H2,1-3H3,(H,28,31,32);4-7H,1-3H3. The lowest BCUT2D eigenvalue weighted by atomic mass is 9.95. The number of hydrogen-bond acceptors (Lipinski definition) is 5. The van der Waals surface area contributed by atoms with Gasteiger partial charge in [-0.1, -0.05) is 63.6 Å². The second-order valence-corrected chi connectivity index (χ2v) is 12.4. The molecule has 4 aromatic rings. The molecule has 6 nitrogen and oxygen atoms in total. The van der Waals surface area contributed by atoms with Gasteiger partial charge in [-0.05, 0) is 72.1 Å². The quantitative estimate of drug-likeness (QED) is 0.191. The van der Waals surface area contributed by atoms with Crippen LogP contribution in [0.2, 0.25) is 5.02 Å². The molecule has 45 heavy (non-hydrogen) atoms. The molecule has 0 saturated carbocycles. The van der Waals surface area contributed by atoms with Gasteiger partial charge in [-0.25, -0.2) is 4.79 Å². The van der Waals surface area contributed by atoms with Gasteiger partial charge in [0.2, 0.25) is 0 Å². The first-order chi connectivity index (χ1) is 20.7. The Bertz CT molecular complexity index is 1780. The number of alkyl halides is 6. The molecule has 246 valence electrons. The van der Waals surface area contributed by atoms with Crippen molar-refractivity contribution in [1.29, 1.82) is 0 Å². The summed E-state index contributed by atoms with van der Waals surface area (Å²) in [4.78, 5) is 26.7.